The zero-order chi connectivity index (χ0) is 14.6. The van der Waals surface area contributed by atoms with Crippen LogP contribution in [0, 0.1) is 0 Å². The molecule has 2 aliphatic rings. The second kappa shape index (κ2) is 6.67. The molecule has 6 nitrogen and oxygen atoms in total. The molecular formula is C13H23N3O3S. The van der Waals surface area contributed by atoms with Gasteiger partial charge in [-0.3, -0.25) is 4.90 Å². The summed E-state index contributed by atoms with van der Waals surface area (Å²) in [6.07, 6.45) is 1.28. The second-order valence-electron chi connectivity index (χ2n) is 5.52. The van der Waals surface area contributed by atoms with Gasteiger partial charge in [-0.1, -0.05) is 0 Å². The van der Waals surface area contributed by atoms with E-state index in [-0.39, 0.29) is 6.03 Å². The number of hydrogen-bond acceptors (Lipinski definition) is 4. The molecule has 0 saturated carbocycles. The van der Waals surface area contributed by atoms with E-state index in [4.69, 9.17) is 0 Å². The predicted molar refractivity (Wildman–Crippen MR) is 79.1 cm³/mol. The van der Waals surface area contributed by atoms with E-state index in [9.17, 15) is 14.7 Å². The molecule has 114 valence electrons. The molecule has 2 heterocycles. The average Bonchev–Trinajstić information content (AvgIpc) is 2.83. The number of nitrogens with one attached hydrogen (secondary N) is 1. The fourth-order valence-corrected chi connectivity index (χ4v) is 3.73. The summed E-state index contributed by atoms with van der Waals surface area (Å²) in [5, 5.41) is 12.1. The lowest BCUT2D eigenvalue weighted by atomic mass is 10.00. The van der Waals surface area contributed by atoms with E-state index < -0.39 is 11.5 Å². The number of carbonyl (C=O) groups is 2. The Morgan fingerprint density at radius 3 is 2.65 bits per heavy atom. The highest BCUT2D eigenvalue weighted by Gasteiger charge is 2.45. The molecule has 1 unspecified atom stereocenters. The topological polar surface area (TPSA) is 72.9 Å². The first kappa shape index (κ1) is 15.4. The van der Waals surface area contributed by atoms with E-state index in [1.165, 1.54) is 4.90 Å². The van der Waals surface area contributed by atoms with Crippen LogP contribution < -0.4 is 5.32 Å². The van der Waals surface area contributed by atoms with Crippen molar-refractivity contribution in [3.8, 4) is 0 Å². The molecule has 0 aromatic heterocycles. The minimum Gasteiger partial charge on any atom is -0.480 e. The van der Waals surface area contributed by atoms with Crippen LogP contribution in [0.1, 0.15) is 19.8 Å². The first-order valence-electron chi connectivity index (χ1n) is 7.13. The maximum atomic E-state index is 12.1. The summed E-state index contributed by atoms with van der Waals surface area (Å²) in [7, 11) is 0. The van der Waals surface area contributed by atoms with Crippen LogP contribution >= 0.6 is 11.8 Å². The van der Waals surface area contributed by atoms with Crippen molar-refractivity contribution in [2.24, 2.45) is 0 Å². The Balaban J connectivity index is 1.78. The molecule has 0 bridgehead atoms. The Kier molecular flexibility index (Phi) is 5.15. The average molecular weight is 301 g/mol. The summed E-state index contributed by atoms with van der Waals surface area (Å²) < 4.78 is 0. The van der Waals surface area contributed by atoms with Crippen molar-refractivity contribution in [3.05, 3.63) is 0 Å². The van der Waals surface area contributed by atoms with Crippen molar-refractivity contribution in [1.82, 2.24) is 15.1 Å². The monoisotopic (exact) mass is 301 g/mol. The number of carboxylic acid groups (broad SMARTS) is 1. The molecule has 2 aliphatic heterocycles. The first-order chi connectivity index (χ1) is 9.54. The summed E-state index contributed by atoms with van der Waals surface area (Å²) in [5.41, 5.74) is -1.05. The summed E-state index contributed by atoms with van der Waals surface area (Å²) in [5.74, 6) is 1.38. The number of likely N-dealkylation sites (tertiary alicyclic amines) is 1. The minimum atomic E-state index is -1.05. The number of nitrogens with zero attached hydrogens (tertiary/aromatic N) is 2. The Labute approximate surface area is 123 Å². The highest BCUT2D eigenvalue weighted by molar-refractivity contribution is 7.99. The van der Waals surface area contributed by atoms with Gasteiger partial charge >= 0.3 is 12.0 Å². The third kappa shape index (κ3) is 3.38. The van der Waals surface area contributed by atoms with E-state index in [2.05, 4.69) is 10.2 Å². The van der Waals surface area contributed by atoms with Gasteiger partial charge in [0.25, 0.3) is 0 Å². The van der Waals surface area contributed by atoms with E-state index in [1.807, 2.05) is 11.8 Å². The molecule has 7 heteroatoms. The number of urea groups is 1. The molecule has 0 spiro atoms. The number of hydrogen-bond donors (Lipinski definition) is 2. The second-order valence-corrected chi connectivity index (χ2v) is 6.74. The van der Waals surface area contributed by atoms with Gasteiger partial charge in [0.2, 0.25) is 0 Å². The zero-order valence-corrected chi connectivity index (χ0v) is 12.7. The molecule has 0 aromatic rings. The minimum absolute atomic E-state index is 0.251. The summed E-state index contributed by atoms with van der Waals surface area (Å²) >= 11 is 1.96. The van der Waals surface area contributed by atoms with E-state index >= 15 is 0 Å². The number of carbonyl (C=O) groups excluding carboxylic acids is 1. The Hall–Kier alpha value is -0.950. The SMILES string of the molecule is CC1(C(=O)O)CCCN1C(=O)NCCN1CCSCC1. The highest BCUT2D eigenvalue weighted by Crippen LogP contribution is 2.29. The molecule has 2 rings (SSSR count). The molecule has 0 aliphatic carbocycles. The van der Waals surface area contributed by atoms with Gasteiger partial charge in [0, 0.05) is 44.2 Å². The molecular weight excluding hydrogens is 278 g/mol. The predicted octanol–water partition coefficient (Wildman–Crippen LogP) is 0.684. The van der Waals surface area contributed by atoms with Gasteiger partial charge < -0.3 is 15.3 Å². The van der Waals surface area contributed by atoms with E-state index in [1.54, 1.807) is 6.92 Å². The smallest absolute Gasteiger partial charge is 0.329 e. The number of rotatable bonds is 4. The fourth-order valence-electron chi connectivity index (χ4n) is 2.75. The number of carboxylic acids is 1. The number of aliphatic carboxylic acids is 1. The summed E-state index contributed by atoms with van der Waals surface area (Å²) in [6, 6.07) is -0.251. The molecule has 2 N–H and O–H groups in total. The van der Waals surface area contributed by atoms with Gasteiger partial charge in [-0.2, -0.15) is 11.8 Å². The quantitative estimate of drug-likeness (QED) is 0.799. The van der Waals surface area contributed by atoms with Crippen LogP contribution in [-0.4, -0.2) is 76.7 Å². The lowest BCUT2D eigenvalue weighted by molar-refractivity contribution is -0.147. The molecule has 2 amide bonds. The standard InChI is InChI=1S/C13H23N3O3S/c1-13(11(17)18)3-2-5-16(13)12(19)14-4-6-15-7-9-20-10-8-15/h2-10H2,1H3,(H,14,19)(H,17,18). The maximum Gasteiger partial charge on any atom is 0.329 e. The van der Waals surface area contributed by atoms with E-state index in [0.29, 0.717) is 19.5 Å². The van der Waals surface area contributed by atoms with Gasteiger partial charge in [0.05, 0.1) is 0 Å². The molecule has 0 aromatic carbocycles. The van der Waals surface area contributed by atoms with Crippen molar-refractivity contribution in [2.75, 3.05) is 44.2 Å². The van der Waals surface area contributed by atoms with Gasteiger partial charge in [-0.05, 0) is 19.8 Å². The fraction of sp³-hybridized carbons (Fsp3) is 0.846. The first-order valence-corrected chi connectivity index (χ1v) is 8.28. The Morgan fingerprint density at radius 1 is 1.30 bits per heavy atom. The lowest BCUT2D eigenvalue weighted by Crippen LogP contribution is -2.54. The van der Waals surface area contributed by atoms with Gasteiger partial charge in [0.15, 0.2) is 0 Å². The van der Waals surface area contributed by atoms with Crippen LogP contribution in [0.25, 0.3) is 0 Å². The van der Waals surface area contributed by atoms with Crippen molar-refractivity contribution in [1.29, 1.82) is 0 Å². The third-order valence-electron chi connectivity index (χ3n) is 4.15. The van der Waals surface area contributed by atoms with Crippen LogP contribution in [-0.2, 0) is 4.79 Å². The van der Waals surface area contributed by atoms with Crippen molar-refractivity contribution < 1.29 is 14.7 Å². The Bertz CT molecular complexity index is 374. The van der Waals surface area contributed by atoms with E-state index in [0.717, 1.165) is 37.6 Å². The molecule has 1 atom stereocenters. The lowest BCUT2D eigenvalue weighted by Gasteiger charge is -2.32. The molecule has 2 fully saturated rings. The van der Waals surface area contributed by atoms with Crippen LogP contribution in [0.4, 0.5) is 4.79 Å². The Morgan fingerprint density at radius 2 is 2.00 bits per heavy atom. The number of amides is 2. The van der Waals surface area contributed by atoms with Crippen molar-refractivity contribution in [2.45, 2.75) is 25.3 Å². The van der Waals surface area contributed by atoms with Crippen LogP contribution in [0.5, 0.6) is 0 Å². The summed E-state index contributed by atoms with van der Waals surface area (Å²) in [6.45, 7) is 5.70. The third-order valence-corrected chi connectivity index (χ3v) is 5.10. The molecule has 0 radical (unpaired) electrons. The molecule has 2 saturated heterocycles. The van der Waals surface area contributed by atoms with Gasteiger partial charge in [-0.15, -0.1) is 0 Å². The molecule has 20 heavy (non-hydrogen) atoms. The van der Waals surface area contributed by atoms with Crippen LogP contribution in [0.2, 0.25) is 0 Å². The largest absolute Gasteiger partial charge is 0.480 e. The van der Waals surface area contributed by atoms with Crippen molar-refractivity contribution in [3.63, 3.8) is 0 Å². The number of thioether (sulfide) groups is 1. The van der Waals surface area contributed by atoms with Crippen LogP contribution in [0.15, 0.2) is 0 Å². The zero-order valence-electron chi connectivity index (χ0n) is 11.9. The highest BCUT2D eigenvalue weighted by atomic mass is 32.2. The normalized spacial score (nSPS) is 27.6. The van der Waals surface area contributed by atoms with Crippen molar-refractivity contribution >= 4 is 23.8 Å². The summed E-state index contributed by atoms with van der Waals surface area (Å²) in [4.78, 5) is 27.3. The van der Waals surface area contributed by atoms with Crippen LogP contribution in [0.3, 0.4) is 0 Å². The maximum absolute atomic E-state index is 12.1. The van der Waals surface area contributed by atoms with Gasteiger partial charge in [-0.25, -0.2) is 9.59 Å². The van der Waals surface area contributed by atoms with Gasteiger partial charge in [0.1, 0.15) is 5.54 Å².